The van der Waals surface area contributed by atoms with Crippen molar-refractivity contribution in [2.45, 2.75) is 38.6 Å². The van der Waals surface area contributed by atoms with Crippen LogP contribution in [0.5, 0.6) is 0 Å². The maximum atomic E-state index is 12.2. The van der Waals surface area contributed by atoms with E-state index in [1.165, 1.54) is 16.2 Å². The van der Waals surface area contributed by atoms with Gasteiger partial charge in [-0.1, -0.05) is 0 Å². The van der Waals surface area contributed by atoms with E-state index in [-0.39, 0.29) is 12.3 Å². The highest BCUT2D eigenvalue weighted by atomic mass is 32.1. The number of carbonyl (C=O) groups excluding carboxylic acids is 1. The van der Waals surface area contributed by atoms with Crippen molar-refractivity contribution in [3.8, 4) is 0 Å². The summed E-state index contributed by atoms with van der Waals surface area (Å²) in [7, 11) is 0. The number of carboxylic acids is 1. The summed E-state index contributed by atoms with van der Waals surface area (Å²) in [5.74, 6) is -1.08. The molecule has 2 rings (SSSR count). The highest BCUT2D eigenvalue weighted by Crippen LogP contribution is 2.29. The van der Waals surface area contributed by atoms with Gasteiger partial charge in [0.15, 0.2) is 0 Å². The van der Waals surface area contributed by atoms with Gasteiger partial charge in [-0.05, 0) is 26.7 Å². The number of likely N-dealkylation sites (tertiary alicyclic amines) is 1. The summed E-state index contributed by atoms with van der Waals surface area (Å²) in [5, 5.41) is 12.0. The van der Waals surface area contributed by atoms with Gasteiger partial charge in [0.1, 0.15) is 5.54 Å². The van der Waals surface area contributed by atoms with Crippen molar-refractivity contribution < 1.29 is 14.7 Å². The van der Waals surface area contributed by atoms with Gasteiger partial charge in [-0.2, -0.15) is 0 Å². The minimum absolute atomic E-state index is 0.150. The van der Waals surface area contributed by atoms with Crippen LogP contribution in [-0.4, -0.2) is 39.0 Å². The van der Waals surface area contributed by atoms with Crippen LogP contribution in [0.25, 0.3) is 0 Å². The van der Waals surface area contributed by atoms with Gasteiger partial charge >= 0.3 is 5.97 Å². The van der Waals surface area contributed by atoms with Crippen LogP contribution in [0.2, 0.25) is 0 Å². The Morgan fingerprint density at radius 3 is 2.89 bits per heavy atom. The second-order valence-corrected chi connectivity index (χ2v) is 5.82. The fraction of sp³-hybridized carbons (Fsp3) is 0.583. The number of nitrogens with zero attached hydrogens (tertiary/aromatic N) is 2. The number of carbonyl (C=O) groups is 2. The van der Waals surface area contributed by atoms with E-state index in [4.69, 9.17) is 0 Å². The topological polar surface area (TPSA) is 70.5 Å². The average molecular weight is 268 g/mol. The first kappa shape index (κ1) is 13.0. The first-order chi connectivity index (χ1) is 8.43. The molecular formula is C12H16N2O3S. The van der Waals surface area contributed by atoms with E-state index in [0.29, 0.717) is 13.0 Å². The van der Waals surface area contributed by atoms with E-state index in [1.807, 2.05) is 12.3 Å². The van der Waals surface area contributed by atoms with Crippen molar-refractivity contribution in [1.29, 1.82) is 0 Å². The van der Waals surface area contributed by atoms with Gasteiger partial charge < -0.3 is 10.0 Å². The SMILES string of the molecule is Cc1nc(CC(=O)N2CCCC2(C)C(=O)O)cs1. The Balaban J connectivity index is 2.11. The van der Waals surface area contributed by atoms with Gasteiger partial charge in [-0.3, -0.25) is 4.79 Å². The molecule has 0 bridgehead atoms. The number of aromatic nitrogens is 1. The lowest BCUT2D eigenvalue weighted by atomic mass is 9.99. The Bertz CT molecular complexity index is 485. The zero-order chi connectivity index (χ0) is 13.3. The number of rotatable bonds is 3. The van der Waals surface area contributed by atoms with Crippen molar-refractivity contribution in [3.63, 3.8) is 0 Å². The molecule has 1 aromatic heterocycles. The summed E-state index contributed by atoms with van der Waals surface area (Å²) in [6.07, 6.45) is 1.45. The van der Waals surface area contributed by atoms with Crippen molar-refractivity contribution in [3.05, 3.63) is 16.1 Å². The van der Waals surface area contributed by atoms with Crippen LogP contribution in [0.4, 0.5) is 0 Å². The molecule has 1 aromatic rings. The molecule has 0 aliphatic carbocycles. The van der Waals surface area contributed by atoms with Crippen LogP contribution in [0.1, 0.15) is 30.5 Å². The minimum atomic E-state index is -1.05. The molecule has 6 heteroatoms. The van der Waals surface area contributed by atoms with Gasteiger partial charge in [0, 0.05) is 11.9 Å². The van der Waals surface area contributed by atoms with Crippen LogP contribution >= 0.6 is 11.3 Å². The van der Waals surface area contributed by atoms with Gasteiger partial charge in [0.2, 0.25) is 5.91 Å². The second-order valence-electron chi connectivity index (χ2n) is 4.76. The summed E-state index contributed by atoms with van der Waals surface area (Å²) in [6.45, 7) is 4.02. The van der Waals surface area contributed by atoms with Gasteiger partial charge in [-0.15, -0.1) is 11.3 Å². The van der Waals surface area contributed by atoms with Crippen LogP contribution in [0.3, 0.4) is 0 Å². The Morgan fingerprint density at radius 2 is 2.33 bits per heavy atom. The van der Waals surface area contributed by atoms with Gasteiger partial charge in [0.05, 0.1) is 17.1 Å². The summed E-state index contributed by atoms with van der Waals surface area (Å²) >= 11 is 1.50. The lowest BCUT2D eigenvalue weighted by molar-refractivity contribution is -0.155. The zero-order valence-corrected chi connectivity index (χ0v) is 11.3. The highest BCUT2D eigenvalue weighted by Gasteiger charge is 2.45. The van der Waals surface area contributed by atoms with E-state index in [9.17, 15) is 14.7 Å². The quantitative estimate of drug-likeness (QED) is 0.901. The maximum absolute atomic E-state index is 12.2. The lowest BCUT2D eigenvalue weighted by Gasteiger charge is -2.31. The van der Waals surface area contributed by atoms with Gasteiger partial charge in [0.25, 0.3) is 0 Å². The number of aryl methyl sites for hydroxylation is 1. The van der Waals surface area contributed by atoms with E-state index >= 15 is 0 Å². The maximum Gasteiger partial charge on any atom is 0.329 e. The third-order valence-corrected chi connectivity index (χ3v) is 4.22. The van der Waals surface area contributed by atoms with Gasteiger partial charge in [-0.25, -0.2) is 9.78 Å². The summed E-state index contributed by atoms with van der Waals surface area (Å²) in [6, 6.07) is 0. The normalized spacial score (nSPS) is 23.3. The Hall–Kier alpha value is -1.43. The van der Waals surface area contributed by atoms with E-state index in [1.54, 1.807) is 6.92 Å². The molecule has 98 valence electrons. The molecule has 1 aliphatic rings. The number of amides is 1. The lowest BCUT2D eigenvalue weighted by Crippen LogP contribution is -2.51. The molecule has 1 saturated heterocycles. The van der Waals surface area contributed by atoms with Crippen LogP contribution in [0.15, 0.2) is 5.38 Å². The van der Waals surface area contributed by atoms with E-state index in [0.717, 1.165) is 17.1 Å². The Labute approximate surface area is 109 Å². The predicted molar refractivity (Wildman–Crippen MR) is 67.5 cm³/mol. The van der Waals surface area contributed by atoms with Crippen molar-refractivity contribution in [2.75, 3.05) is 6.54 Å². The first-order valence-electron chi connectivity index (χ1n) is 5.88. The molecule has 0 aromatic carbocycles. The molecule has 5 nitrogen and oxygen atoms in total. The number of hydrogen-bond donors (Lipinski definition) is 1. The van der Waals surface area contributed by atoms with E-state index < -0.39 is 11.5 Å². The molecule has 2 heterocycles. The molecule has 0 spiro atoms. The molecule has 1 amide bonds. The number of thiazole rings is 1. The first-order valence-corrected chi connectivity index (χ1v) is 6.76. The summed E-state index contributed by atoms with van der Waals surface area (Å²) < 4.78 is 0. The van der Waals surface area contributed by atoms with Crippen molar-refractivity contribution in [2.24, 2.45) is 0 Å². The molecule has 1 aliphatic heterocycles. The number of carboxylic acid groups (broad SMARTS) is 1. The van der Waals surface area contributed by atoms with Crippen molar-refractivity contribution in [1.82, 2.24) is 9.88 Å². The third-order valence-electron chi connectivity index (χ3n) is 3.40. The molecular weight excluding hydrogens is 252 g/mol. The third kappa shape index (κ3) is 2.25. The molecule has 0 radical (unpaired) electrons. The number of hydrogen-bond acceptors (Lipinski definition) is 4. The Morgan fingerprint density at radius 1 is 1.61 bits per heavy atom. The van der Waals surface area contributed by atoms with Crippen LogP contribution in [-0.2, 0) is 16.0 Å². The summed E-state index contributed by atoms with van der Waals surface area (Å²) in [5.41, 5.74) is -0.329. The molecule has 1 N–H and O–H groups in total. The average Bonchev–Trinajstić information content (AvgIpc) is 2.86. The summed E-state index contributed by atoms with van der Waals surface area (Å²) in [4.78, 5) is 29.2. The van der Waals surface area contributed by atoms with Crippen LogP contribution < -0.4 is 0 Å². The zero-order valence-electron chi connectivity index (χ0n) is 10.5. The fourth-order valence-corrected chi connectivity index (χ4v) is 2.94. The highest BCUT2D eigenvalue weighted by molar-refractivity contribution is 7.09. The standard InChI is InChI=1S/C12H16N2O3S/c1-8-13-9(7-18-8)6-10(15)14-5-3-4-12(14,2)11(16)17/h7H,3-6H2,1-2H3,(H,16,17). The minimum Gasteiger partial charge on any atom is -0.480 e. The monoisotopic (exact) mass is 268 g/mol. The smallest absolute Gasteiger partial charge is 0.329 e. The van der Waals surface area contributed by atoms with Crippen molar-refractivity contribution >= 4 is 23.2 Å². The predicted octanol–water partition coefficient (Wildman–Crippen LogP) is 1.46. The second kappa shape index (κ2) is 4.68. The molecule has 1 fully saturated rings. The number of aliphatic carboxylic acids is 1. The molecule has 0 saturated carbocycles. The fourth-order valence-electron chi connectivity index (χ4n) is 2.33. The largest absolute Gasteiger partial charge is 0.480 e. The molecule has 18 heavy (non-hydrogen) atoms. The molecule has 1 unspecified atom stereocenters. The Kier molecular flexibility index (Phi) is 3.38. The molecule has 1 atom stereocenters. The van der Waals surface area contributed by atoms with E-state index in [2.05, 4.69) is 4.98 Å². The van der Waals surface area contributed by atoms with Crippen LogP contribution in [0, 0.1) is 6.92 Å².